The van der Waals surface area contributed by atoms with Crippen molar-refractivity contribution in [3.63, 3.8) is 0 Å². The topological polar surface area (TPSA) is 36.9 Å². The van der Waals surface area contributed by atoms with Gasteiger partial charge in [0.15, 0.2) is 0 Å². The molecule has 0 amide bonds. The Morgan fingerprint density at radius 3 is 2.36 bits per heavy atom. The lowest BCUT2D eigenvalue weighted by Gasteiger charge is -2.24. The van der Waals surface area contributed by atoms with E-state index in [9.17, 15) is 0 Å². The highest BCUT2D eigenvalue weighted by Gasteiger charge is 2.21. The Labute approximate surface area is 147 Å². The van der Waals surface area contributed by atoms with Crippen LogP contribution in [0.4, 0.5) is 22.7 Å². The van der Waals surface area contributed by atoms with E-state index in [1.54, 1.807) is 7.11 Å². The maximum atomic E-state index is 5.53. The summed E-state index contributed by atoms with van der Waals surface area (Å²) >= 11 is 0. The summed E-state index contributed by atoms with van der Waals surface area (Å²) in [6.07, 6.45) is 0. The van der Waals surface area contributed by atoms with Gasteiger partial charge in [0.1, 0.15) is 11.6 Å². The normalized spacial score (nSPS) is 12.2. The quantitative estimate of drug-likeness (QED) is 0.721. The number of aliphatic imine (C=N–C) groups is 1. The highest BCUT2D eigenvalue weighted by Crippen LogP contribution is 2.36. The molecule has 0 spiro atoms. The van der Waals surface area contributed by atoms with Gasteiger partial charge in [0.05, 0.1) is 24.2 Å². The van der Waals surface area contributed by atoms with Crippen molar-refractivity contribution in [3.8, 4) is 5.75 Å². The van der Waals surface area contributed by atoms with Crippen molar-refractivity contribution in [3.05, 3.63) is 78.4 Å². The lowest BCUT2D eigenvalue weighted by atomic mass is 10.1. The van der Waals surface area contributed by atoms with E-state index >= 15 is 0 Å². The zero-order chi connectivity index (χ0) is 17.2. The molecule has 25 heavy (non-hydrogen) atoms. The molecule has 0 aliphatic carbocycles. The van der Waals surface area contributed by atoms with E-state index in [0.717, 1.165) is 39.9 Å². The van der Waals surface area contributed by atoms with E-state index in [1.807, 2.05) is 67.7 Å². The van der Waals surface area contributed by atoms with Crippen molar-refractivity contribution in [1.82, 2.24) is 0 Å². The second kappa shape index (κ2) is 6.32. The van der Waals surface area contributed by atoms with Gasteiger partial charge >= 0.3 is 0 Å². The Bertz CT molecular complexity index is 949. The standard InChI is InChI=1S/C21H19N3O/c1-24(19-13-7-8-14-20(19)25-2)21-15-9-3-4-10-16(15)22-17-11-5-6-12-18(17)23-21/h3-14,22H,1-2H3. The van der Waals surface area contributed by atoms with Crippen LogP contribution in [0.5, 0.6) is 5.75 Å². The van der Waals surface area contributed by atoms with E-state index < -0.39 is 0 Å². The van der Waals surface area contributed by atoms with Crippen LogP contribution in [0, 0.1) is 0 Å². The van der Waals surface area contributed by atoms with E-state index in [4.69, 9.17) is 9.73 Å². The van der Waals surface area contributed by atoms with Gasteiger partial charge in [-0.3, -0.25) is 0 Å². The van der Waals surface area contributed by atoms with Crippen LogP contribution < -0.4 is 15.0 Å². The van der Waals surface area contributed by atoms with Gasteiger partial charge in [0.25, 0.3) is 0 Å². The first kappa shape index (κ1) is 15.3. The number of hydrogen-bond acceptors (Lipinski definition) is 4. The molecule has 0 saturated carbocycles. The van der Waals surface area contributed by atoms with Gasteiger partial charge in [0, 0.05) is 18.3 Å². The van der Waals surface area contributed by atoms with Crippen LogP contribution in [0.15, 0.2) is 77.8 Å². The molecule has 124 valence electrons. The molecule has 4 rings (SSSR count). The number of fused-ring (bicyclic) bond motifs is 2. The van der Waals surface area contributed by atoms with E-state index in [0.29, 0.717) is 0 Å². The lowest BCUT2D eigenvalue weighted by molar-refractivity contribution is 0.416. The largest absolute Gasteiger partial charge is 0.495 e. The zero-order valence-electron chi connectivity index (χ0n) is 14.2. The van der Waals surface area contributed by atoms with E-state index in [2.05, 4.69) is 22.3 Å². The van der Waals surface area contributed by atoms with Crippen LogP contribution in [0.1, 0.15) is 5.56 Å². The molecule has 0 saturated heterocycles. The third kappa shape index (κ3) is 2.72. The molecular weight excluding hydrogens is 310 g/mol. The number of rotatable bonds is 2. The highest BCUT2D eigenvalue weighted by atomic mass is 16.5. The van der Waals surface area contributed by atoms with Gasteiger partial charge in [-0.05, 0) is 36.4 Å². The summed E-state index contributed by atoms with van der Waals surface area (Å²) in [6.45, 7) is 0. The first-order valence-electron chi connectivity index (χ1n) is 8.19. The second-order valence-electron chi connectivity index (χ2n) is 5.85. The fraction of sp³-hybridized carbons (Fsp3) is 0.0952. The number of hydrogen-bond donors (Lipinski definition) is 1. The van der Waals surface area contributed by atoms with Crippen LogP contribution >= 0.6 is 0 Å². The minimum Gasteiger partial charge on any atom is -0.495 e. The molecule has 1 aliphatic heterocycles. The Balaban J connectivity index is 1.91. The molecule has 0 fully saturated rings. The molecule has 3 aromatic rings. The van der Waals surface area contributed by atoms with Gasteiger partial charge in [-0.25, -0.2) is 4.99 Å². The number of amidine groups is 1. The molecule has 1 N–H and O–H groups in total. The summed E-state index contributed by atoms with van der Waals surface area (Å²) in [5.41, 5.74) is 4.96. The number of ether oxygens (including phenoxy) is 1. The maximum absolute atomic E-state index is 5.53. The Hall–Kier alpha value is -3.27. The monoisotopic (exact) mass is 329 g/mol. The third-order valence-electron chi connectivity index (χ3n) is 4.33. The number of benzene rings is 3. The van der Waals surface area contributed by atoms with Gasteiger partial charge in [-0.15, -0.1) is 0 Å². The van der Waals surface area contributed by atoms with Crippen molar-refractivity contribution in [2.45, 2.75) is 0 Å². The van der Waals surface area contributed by atoms with Crippen LogP contribution in [0.25, 0.3) is 0 Å². The lowest BCUT2D eigenvalue weighted by Crippen LogP contribution is -2.27. The zero-order valence-corrected chi connectivity index (χ0v) is 14.2. The molecule has 3 aromatic carbocycles. The molecule has 0 atom stereocenters. The highest BCUT2D eigenvalue weighted by molar-refractivity contribution is 6.16. The minimum absolute atomic E-state index is 0.815. The first-order valence-corrected chi connectivity index (χ1v) is 8.19. The molecule has 0 radical (unpaired) electrons. The average molecular weight is 329 g/mol. The summed E-state index contributed by atoms with van der Waals surface area (Å²) in [5.74, 6) is 1.69. The van der Waals surface area contributed by atoms with Crippen molar-refractivity contribution in [1.29, 1.82) is 0 Å². The molecular formula is C21H19N3O. The fourth-order valence-corrected chi connectivity index (χ4v) is 3.06. The van der Waals surface area contributed by atoms with Gasteiger partial charge in [-0.2, -0.15) is 0 Å². The maximum Gasteiger partial charge on any atom is 0.143 e. The summed E-state index contributed by atoms with van der Waals surface area (Å²) in [6, 6.07) is 24.3. The summed E-state index contributed by atoms with van der Waals surface area (Å²) in [5, 5.41) is 3.50. The van der Waals surface area contributed by atoms with Crippen molar-refractivity contribution in [2.24, 2.45) is 4.99 Å². The molecule has 1 heterocycles. The summed E-state index contributed by atoms with van der Waals surface area (Å²) in [7, 11) is 3.70. The van der Waals surface area contributed by atoms with E-state index in [1.165, 1.54) is 0 Å². The predicted octanol–water partition coefficient (Wildman–Crippen LogP) is 4.97. The Morgan fingerprint density at radius 1 is 0.840 bits per heavy atom. The van der Waals surface area contributed by atoms with Crippen LogP contribution in [0.2, 0.25) is 0 Å². The number of anilines is 3. The molecule has 4 heteroatoms. The second-order valence-corrected chi connectivity index (χ2v) is 5.85. The minimum atomic E-state index is 0.815. The fourth-order valence-electron chi connectivity index (χ4n) is 3.06. The summed E-state index contributed by atoms with van der Waals surface area (Å²) < 4.78 is 5.53. The number of para-hydroxylation sites is 5. The number of methoxy groups -OCH3 is 1. The molecule has 0 aromatic heterocycles. The van der Waals surface area contributed by atoms with Gasteiger partial charge < -0.3 is 15.0 Å². The average Bonchev–Trinajstić information content (AvgIpc) is 2.84. The predicted molar refractivity (Wildman–Crippen MR) is 104 cm³/mol. The SMILES string of the molecule is COc1ccccc1N(C)C1=Nc2ccccc2Nc2ccccc21. The molecule has 0 bridgehead atoms. The van der Waals surface area contributed by atoms with Crippen LogP contribution in [0.3, 0.4) is 0 Å². The molecule has 0 unspecified atom stereocenters. The van der Waals surface area contributed by atoms with Crippen molar-refractivity contribution < 1.29 is 4.74 Å². The van der Waals surface area contributed by atoms with Crippen molar-refractivity contribution >= 4 is 28.6 Å². The summed E-state index contributed by atoms with van der Waals surface area (Å²) in [4.78, 5) is 7.03. The van der Waals surface area contributed by atoms with E-state index in [-0.39, 0.29) is 0 Å². The van der Waals surface area contributed by atoms with Gasteiger partial charge in [-0.1, -0.05) is 36.4 Å². The van der Waals surface area contributed by atoms with Crippen LogP contribution in [-0.2, 0) is 0 Å². The number of nitrogens with one attached hydrogen (secondary N) is 1. The molecule has 4 nitrogen and oxygen atoms in total. The first-order chi connectivity index (χ1) is 12.3. The smallest absolute Gasteiger partial charge is 0.143 e. The Kier molecular flexibility index (Phi) is 3.86. The Morgan fingerprint density at radius 2 is 1.52 bits per heavy atom. The molecule has 1 aliphatic rings. The third-order valence-corrected chi connectivity index (χ3v) is 4.33. The van der Waals surface area contributed by atoms with Crippen LogP contribution in [-0.4, -0.2) is 20.0 Å². The van der Waals surface area contributed by atoms with Crippen molar-refractivity contribution in [2.75, 3.05) is 24.4 Å². The van der Waals surface area contributed by atoms with Gasteiger partial charge in [0.2, 0.25) is 0 Å². The number of nitrogens with zero attached hydrogens (tertiary/aromatic N) is 2.